The molecule has 0 aliphatic heterocycles. The van der Waals surface area contributed by atoms with Crippen molar-refractivity contribution in [2.75, 3.05) is 13.1 Å². The van der Waals surface area contributed by atoms with E-state index in [9.17, 15) is 27.9 Å². The summed E-state index contributed by atoms with van der Waals surface area (Å²) in [5.41, 5.74) is -0.381. The maximum absolute atomic E-state index is 12.3. The Morgan fingerprint density at radius 1 is 1.21 bits per heavy atom. The summed E-state index contributed by atoms with van der Waals surface area (Å²) in [7, 11) is 0. The zero-order valence-corrected chi connectivity index (χ0v) is 9.52. The Balaban J connectivity index is 3.01. The zero-order chi connectivity index (χ0) is 14.6. The molecule has 0 unspecified atom stereocenters. The van der Waals surface area contributed by atoms with Crippen molar-refractivity contribution in [1.82, 2.24) is 4.90 Å². The fourth-order valence-corrected chi connectivity index (χ4v) is 1.40. The molecule has 5 nitrogen and oxygen atoms in total. The lowest BCUT2D eigenvalue weighted by Gasteiger charge is -2.22. The molecule has 0 aliphatic carbocycles. The summed E-state index contributed by atoms with van der Waals surface area (Å²) < 4.78 is 36.9. The highest BCUT2D eigenvalue weighted by atomic mass is 19.4. The first-order valence-corrected chi connectivity index (χ1v) is 5.06. The Hall–Kier alpha value is -2.25. The first-order valence-electron chi connectivity index (χ1n) is 5.06. The van der Waals surface area contributed by atoms with Crippen LogP contribution in [0.1, 0.15) is 10.4 Å². The van der Waals surface area contributed by atoms with E-state index in [0.717, 1.165) is 12.1 Å². The smallest absolute Gasteiger partial charge is 0.406 e. The molecule has 8 heteroatoms. The van der Waals surface area contributed by atoms with Crippen molar-refractivity contribution >= 4 is 11.9 Å². The maximum Gasteiger partial charge on any atom is 0.406 e. The van der Waals surface area contributed by atoms with E-state index in [1.807, 2.05) is 0 Å². The third-order valence-electron chi connectivity index (χ3n) is 2.12. The number of nitrogens with zero attached hydrogens (tertiary/aromatic N) is 1. The molecule has 0 heterocycles. The summed E-state index contributed by atoms with van der Waals surface area (Å²) in [5, 5.41) is 17.9. The summed E-state index contributed by atoms with van der Waals surface area (Å²) in [6.07, 6.45) is -4.73. The van der Waals surface area contributed by atoms with Crippen molar-refractivity contribution in [2.45, 2.75) is 6.18 Å². The number of hydrogen-bond donors (Lipinski definition) is 2. The predicted octanol–water partition coefficient (Wildman–Crippen LogP) is 1.48. The Morgan fingerprint density at radius 3 is 2.26 bits per heavy atom. The number of phenolic OH excluding ortho intramolecular Hbond substituents is 1. The van der Waals surface area contributed by atoms with E-state index in [0.29, 0.717) is 0 Å². The fraction of sp³-hybridized carbons (Fsp3) is 0.273. The first kappa shape index (κ1) is 14.8. The highest BCUT2D eigenvalue weighted by Crippen LogP contribution is 2.21. The van der Waals surface area contributed by atoms with Crippen molar-refractivity contribution < 1.29 is 33.0 Å². The Kier molecular flexibility index (Phi) is 4.36. The van der Waals surface area contributed by atoms with E-state index < -0.39 is 36.9 Å². The maximum atomic E-state index is 12.3. The number of benzene rings is 1. The Labute approximate surface area is 105 Å². The topological polar surface area (TPSA) is 77.8 Å². The standard InChI is InChI=1S/C11H10F3NO4/c12-11(13,14)6-15(5-9(17)18)10(19)7-3-1-2-4-8(7)16/h1-4,16H,5-6H2,(H,17,18). The second-order valence-corrected chi connectivity index (χ2v) is 3.69. The van der Waals surface area contributed by atoms with Gasteiger partial charge in [-0.15, -0.1) is 0 Å². The van der Waals surface area contributed by atoms with Gasteiger partial charge in [-0.05, 0) is 12.1 Å². The second-order valence-electron chi connectivity index (χ2n) is 3.69. The highest BCUT2D eigenvalue weighted by Gasteiger charge is 2.34. The summed E-state index contributed by atoms with van der Waals surface area (Å²) in [6, 6.07) is 4.97. The molecule has 104 valence electrons. The van der Waals surface area contributed by atoms with Gasteiger partial charge in [-0.1, -0.05) is 12.1 Å². The number of carbonyl (C=O) groups excluding carboxylic acids is 1. The van der Waals surface area contributed by atoms with Crippen LogP contribution in [0.2, 0.25) is 0 Å². The molecule has 0 aliphatic rings. The molecule has 1 aromatic rings. The average molecular weight is 277 g/mol. The minimum atomic E-state index is -4.73. The van der Waals surface area contributed by atoms with Gasteiger partial charge < -0.3 is 15.1 Å². The van der Waals surface area contributed by atoms with Gasteiger partial charge in [0.1, 0.15) is 18.8 Å². The van der Waals surface area contributed by atoms with Gasteiger partial charge in [-0.2, -0.15) is 13.2 Å². The number of hydrogen-bond acceptors (Lipinski definition) is 3. The van der Waals surface area contributed by atoms with Crippen LogP contribution in [-0.4, -0.2) is 46.3 Å². The molecule has 0 atom stereocenters. The van der Waals surface area contributed by atoms with E-state index >= 15 is 0 Å². The van der Waals surface area contributed by atoms with E-state index in [1.54, 1.807) is 0 Å². The van der Waals surface area contributed by atoms with Crippen molar-refractivity contribution in [3.05, 3.63) is 29.8 Å². The number of halogens is 3. The number of aromatic hydroxyl groups is 1. The molecule has 0 fully saturated rings. The number of amides is 1. The molecular formula is C11H10F3NO4. The summed E-state index contributed by atoms with van der Waals surface area (Å²) in [5.74, 6) is -3.28. The normalized spacial score (nSPS) is 11.1. The van der Waals surface area contributed by atoms with Gasteiger partial charge in [-0.3, -0.25) is 9.59 Å². The molecule has 0 aromatic heterocycles. The minimum absolute atomic E-state index is 0.109. The van der Waals surface area contributed by atoms with Gasteiger partial charge in [-0.25, -0.2) is 0 Å². The predicted molar refractivity (Wildman–Crippen MR) is 57.7 cm³/mol. The lowest BCUT2D eigenvalue weighted by Crippen LogP contribution is -2.42. The lowest BCUT2D eigenvalue weighted by molar-refractivity contribution is -0.149. The molecule has 0 bridgehead atoms. The highest BCUT2D eigenvalue weighted by molar-refractivity contribution is 5.98. The van der Waals surface area contributed by atoms with Crippen LogP contribution in [0, 0.1) is 0 Å². The SMILES string of the molecule is O=C(O)CN(CC(F)(F)F)C(=O)c1ccccc1O. The number of carboxylic acids is 1. The molecule has 0 spiro atoms. The van der Waals surface area contributed by atoms with E-state index in [-0.39, 0.29) is 10.5 Å². The van der Waals surface area contributed by atoms with Crippen LogP contribution in [0.25, 0.3) is 0 Å². The first-order chi connectivity index (χ1) is 8.70. The van der Waals surface area contributed by atoms with Gasteiger partial charge in [0.2, 0.25) is 0 Å². The summed E-state index contributed by atoms with van der Waals surface area (Å²) in [4.78, 5) is 22.4. The van der Waals surface area contributed by atoms with Crippen LogP contribution in [-0.2, 0) is 4.79 Å². The van der Waals surface area contributed by atoms with E-state index in [1.165, 1.54) is 12.1 Å². The molecule has 0 radical (unpaired) electrons. The largest absolute Gasteiger partial charge is 0.507 e. The van der Waals surface area contributed by atoms with Crippen LogP contribution >= 0.6 is 0 Å². The summed E-state index contributed by atoms with van der Waals surface area (Å²) >= 11 is 0. The number of para-hydroxylation sites is 1. The van der Waals surface area contributed by atoms with E-state index in [4.69, 9.17) is 5.11 Å². The number of rotatable bonds is 4. The van der Waals surface area contributed by atoms with Gasteiger partial charge in [0.15, 0.2) is 0 Å². The van der Waals surface area contributed by atoms with Crippen LogP contribution in [0.3, 0.4) is 0 Å². The quantitative estimate of drug-likeness (QED) is 0.873. The molecule has 1 amide bonds. The molecule has 2 N–H and O–H groups in total. The van der Waals surface area contributed by atoms with Gasteiger partial charge in [0, 0.05) is 0 Å². The van der Waals surface area contributed by atoms with Crippen molar-refractivity contribution in [2.24, 2.45) is 0 Å². The number of alkyl halides is 3. The fourth-order valence-electron chi connectivity index (χ4n) is 1.40. The number of carbonyl (C=O) groups is 2. The monoisotopic (exact) mass is 277 g/mol. The van der Waals surface area contributed by atoms with Crippen molar-refractivity contribution in [1.29, 1.82) is 0 Å². The van der Waals surface area contributed by atoms with Crippen LogP contribution in [0.5, 0.6) is 5.75 Å². The Morgan fingerprint density at radius 2 is 1.79 bits per heavy atom. The molecular weight excluding hydrogens is 267 g/mol. The third kappa shape index (κ3) is 4.49. The summed E-state index contributed by atoms with van der Waals surface area (Å²) in [6.45, 7) is -2.81. The van der Waals surface area contributed by atoms with Crippen LogP contribution < -0.4 is 0 Å². The van der Waals surface area contributed by atoms with E-state index in [2.05, 4.69) is 0 Å². The molecule has 0 saturated heterocycles. The minimum Gasteiger partial charge on any atom is -0.507 e. The second kappa shape index (κ2) is 5.59. The van der Waals surface area contributed by atoms with Crippen LogP contribution in [0.15, 0.2) is 24.3 Å². The van der Waals surface area contributed by atoms with Gasteiger partial charge in [0.25, 0.3) is 5.91 Å². The molecule has 0 saturated carbocycles. The molecule has 1 aromatic carbocycles. The van der Waals surface area contributed by atoms with Gasteiger partial charge in [0.05, 0.1) is 5.56 Å². The van der Waals surface area contributed by atoms with Crippen molar-refractivity contribution in [3.8, 4) is 5.75 Å². The average Bonchev–Trinajstić information content (AvgIpc) is 2.25. The van der Waals surface area contributed by atoms with Gasteiger partial charge >= 0.3 is 12.1 Å². The Bertz CT molecular complexity index is 487. The zero-order valence-electron chi connectivity index (χ0n) is 9.52. The molecule has 19 heavy (non-hydrogen) atoms. The number of carboxylic acid groups (broad SMARTS) is 1. The number of phenols is 1. The third-order valence-corrected chi connectivity index (χ3v) is 2.12. The van der Waals surface area contributed by atoms with Crippen molar-refractivity contribution in [3.63, 3.8) is 0 Å². The van der Waals surface area contributed by atoms with Crippen LogP contribution in [0.4, 0.5) is 13.2 Å². The number of aliphatic carboxylic acids is 1. The molecule has 1 rings (SSSR count). The lowest BCUT2D eigenvalue weighted by atomic mass is 10.1.